The van der Waals surface area contributed by atoms with Crippen molar-refractivity contribution in [1.82, 2.24) is 5.32 Å². The summed E-state index contributed by atoms with van der Waals surface area (Å²) in [5.74, 6) is -0.371. The molecular weight excluding hydrogens is 614 g/mol. The smallest absolute Gasteiger partial charge is 0.423 e. The van der Waals surface area contributed by atoms with Gasteiger partial charge in [0.05, 0.1) is 32.4 Å². The average Bonchev–Trinajstić information content (AvgIpc) is 3.46. The van der Waals surface area contributed by atoms with Crippen LogP contribution in [0.5, 0.6) is 0 Å². The first-order chi connectivity index (χ1) is 19.5. The molecule has 2 atom stereocenters. The molecule has 220 valence electrons. The molecule has 0 bridgehead atoms. The molecule has 13 heteroatoms. The van der Waals surface area contributed by atoms with Crippen LogP contribution in [0.2, 0.25) is 15.1 Å². The van der Waals surface area contributed by atoms with Crippen molar-refractivity contribution in [3.63, 3.8) is 0 Å². The van der Waals surface area contributed by atoms with Crippen LogP contribution in [0.25, 0.3) is 0 Å². The molecule has 2 N–H and O–H groups in total. The Balaban J connectivity index is 1.35. The maximum Gasteiger partial charge on any atom is 0.492 e. The number of hydrogen-bond acceptors (Lipinski definition) is 5. The lowest BCUT2D eigenvalue weighted by Gasteiger charge is -2.30. The first kappa shape index (κ1) is 30.7. The molecule has 0 aromatic heterocycles. The van der Waals surface area contributed by atoms with Crippen molar-refractivity contribution in [3.8, 4) is 0 Å². The number of benzene rings is 3. The van der Waals surface area contributed by atoms with E-state index < -0.39 is 37.0 Å². The van der Waals surface area contributed by atoms with Crippen molar-refractivity contribution in [2.45, 2.75) is 57.5 Å². The van der Waals surface area contributed by atoms with Crippen molar-refractivity contribution in [3.05, 3.63) is 97.0 Å². The van der Waals surface area contributed by atoms with Crippen LogP contribution < -0.4 is 10.8 Å². The first-order valence-electron chi connectivity index (χ1n) is 12.9. The van der Waals surface area contributed by atoms with Crippen molar-refractivity contribution in [1.29, 1.82) is 0 Å². The fraction of sp³-hybridized carbons (Fsp3) is 0.310. The second-order valence-electron chi connectivity index (χ2n) is 10.9. The summed E-state index contributed by atoms with van der Waals surface area (Å²) in [6.45, 7) is 7.23. The number of nitrogens with zero attached hydrogens (tertiary/aromatic N) is 1. The van der Waals surface area contributed by atoms with Crippen LogP contribution >= 0.6 is 34.8 Å². The van der Waals surface area contributed by atoms with E-state index in [4.69, 9.17) is 44.3 Å². The normalized spacial score (nSPS) is 20.2. The summed E-state index contributed by atoms with van der Waals surface area (Å²) in [4.78, 5) is 18.2. The fourth-order valence-electron chi connectivity index (χ4n) is 5.31. The zero-order valence-corrected chi connectivity index (χ0v) is 25.1. The van der Waals surface area contributed by atoms with E-state index in [1.54, 1.807) is 13.0 Å². The molecule has 2 heterocycles. The van der Waals surface area contributed by atoms with Gasteiger partial charge in [0.1, 0.15) is 0 Å². The second-order valence-corrected chi connectivity index (χ2v) is 12.1. The molecule has 2 unspecified atom stereocenters. The van der Waals surface area contributed by atoms with Crippen LogP contribution in [0.1, 0.15) is 71.4 Å². The van der Waals surface area contributed by atoms with Gasteiger partial charge < -0.3 is 19.8 Å². The largest absolute Gasteiger partial charge is 0.492 e. The predicted molar refractivity (Wildman–Crippen MR) is 157 cm³/mol. The van der Waals surface area contributed by atoms with Crippen LogP contribution in [0.3, 0.4) is 0 Å². The maximum absolute atomic E-state index is 14.4. The lowest BCUT2D eigenvalue weighted by Crippen LogP contribution is -2.42. The first-order valence-corrected chi connectivity index (χ1v) is 14.1. The van der Waals surface area contributed by atoms with Crippen LogP contribution in [-0.4, -0.2) is 29.9 Å². The van der Waals surface area contributed by atoms with E-state index in [0.717, 1.165) is 23.3 Å². The number of aryl methyl sites for hydroxylation is 1. The molecule has 0 aliphatic carbocycles. The van der Waals surface area contributed by atoms with Gasteiger partial charge in [0.25, 0.3) is 11.5 Å². The Morgan fingerprint density at radius 1 is 1.10 bits per heavy atom. The Hall–Kier alpha value is -2.76. The molecule has 6 nitrogen and oxygen atoms in total. The van der Waals surface area contributed by atoms with Gasteiger partial charge in [-0.2, -0.15) is 13.2 Å². The molecule has 2 aliphatic rings. The topological polar surface area (TPSA) is 80.2 Å². The number of halogens is 6. The maximum atomic E-state index is 14.4. The molecule has 0 saturated heterocycles. The quantitative estimate of drug-likeness (QED) is 0.233. The number of nitrogens with one attached hydrogen (secondary N) is 1. The highest BCUT2D eigenvalue weighted by Crippen LogP contribution is 2.50. The molecule has 0 radical (unpaired) electrons. The molecule has 3 aromatic carbocycles. The highest BCUT2D eigenvalue weighted by atomic mass is 35.5. The number of amides is 1. The standard InChI is InChI=1S/C29H25BCl3F3N2O4/c1-14-9-17(24-13-28(42-38-24,29(34,35)36)18-11-22(31)25(33)23(32)12-18)5-7-19(14)26(39)37-15(2)16-6-8-20-21(10-16)30(40)41-27(20,3)4/h5-12,15,40H,13H2,1-4H3,(H,37,39). The van der Waals surface area contributed by atoms with Gasteiger partial charge in [-0.05, 0) is 79.7 Å². The van der Waals surface area contributed by atoms with E-state index in [1.807, 2.05) is 39.0 Å². The average molecular weight is 640 g/mol. The summed E-state index contributed by atoms with van der Waals surface area (Å²) >= 11 is 18.0. The van der Waals surface area contributed by atoms with E-state index in [1.165, 1.54) is 12.1 Å². The van der Waals surface area contributed by atoms with Gasteiger partial charge in [0.2, 0.25) is 0 Å². The predicted octanol–water partition coefficient (Wildman–Crippen LogP) is 6.98. The summed E-state index contributed by atoms with van der Waals surface area (Å²) in [5, 5.41) is 16.7. The van der Waals surface area contributed by atoms with Crippen molar-refractivity contribution in [2.24, 2.45) is 5.16 Å². The molecule has 0 fully saturated rings. The van der Waals surface area contributed by atoms with Crippen LogP contribution in [0.4, 0.5) is 13.2 Å². The molecule has 0 spiro atoms. The lowest BCUT2D eigenvalue weighted by molar-refractivity contribution is -0.275. The van der Waals surface area contributed by atoms with Gasteiger partial charge in [0, 0.05) is 17.5 Å². The van der Waals surface area contributed by atoms with Crippen molar-refractivity contribution in [2.75, 3.05) is 0 Å². The molecular formula is C29H25BCl3F3N2O4. The third kappa shape index (κ3) is 5.28. The summed E-state index contributed by atoms with van der Waals surface area (Å²) in [6.07, 6.45) is -5.50. The minimum Gasteiger partial charge on any atom is -0.423 e. The lowest BCUT2D eigenvalue weighted by atomic mass is 9.77. The van der Waals surface area contributed by atoms with E-state index in [-0.39, 0.29) is 32.3 Å². The minimum absolute atomic E-state index is 0.0415. The summed E-state index contributed by atoms with van der Waals surface area (Å²) in [5.41, 5.74) is -0.189. The third-order valence-corrected chi connectivity index (χ3v) is 8.88. The van der Waals surface area contributed by atoms with E-state index in [0.29, 0.717) is 22.2 Å². The molecule has 3 aromatic rings. The Kier molecular flexibility index (Phi) is 7.86. The number of alkyl halides is 3. The van der Waals surface area contributed by atoms with E-state index in [2.05, 4.69) is 10.5 Å². The number of carbonyl (C=O) groups is 1. The Bertz CT molecular complexity index is 1610. The SMILES string of the molecule is Cc1cc(C2=NOC(c3cc(Cl)c(Cl)c(Cl)c3)(C(F)(F)F)C2)ccc1C(=O)NC(C)c1ccc2c(c1)B(O)OC2(C)C. The van der Waals surface area contributed by atoms with Crippen LogP contribution in [-0.2, 0) is 20.7 Å². The van der Waals surface area contributed by atoms with E-state index >= 15 is 0 Å². The summed E-state index contributed by atoms with van der Waals surface area (Å²) in [6, 6.07) is 11.9. The fourth-order valence-corrected chi connectivity index (χ4v) is 5.91. The Morgan fingerprint density at radius 3 is 2.38 bits per heavy atom. The number of hydrogen-bond donors (Lipinski definition) is 2. The highest BCUT2D eigenvalue weighted by Gasteiger charge is 2.62. The monoisotopic (exact) mass is 638 g/mol. The van der Waals surface area contributed by atoms with E-state index in [9.17, 15) is 23.0 Å². The summed E-state index contributed by atoms with van der Waals surface area (Å²) in [7, 11) is -1.06. The summed E-state index contributed by atoms with van der Waals surface area (Å²) < 4.78 is 48.8. The number of fused-ring (bicyclic) bond motifs is 1. The molecule has 2 aliphatic heterocycles. The number of oxime groups is 1. The third-order valence-electron chi connectivity index (χ3n) is 7.68. The zero-order chi connectivity index (χ0) is 30.8. The molecule has 42 heavy (non-hydrogen) atoms. The minimum atomic E-state index is -4.86. The van der Waals surface area contributed by atoms with Gasteiger partial charge in [-0.15, -0.1) is 0 Å². The van der Waals surface area contributed by atoms with Crippen LogP contribution in [0.15, 0.2) is 53.7 Å². The Labute approximate surface area is 255 Å². The molecule has 0 saturated carbocycles. The second kappa shape index (κ2) is 10.8. The van der Waals surface area contributed by atoms with Gasteiger partial charge in [-0.25, -0.2) is 0 Å². The zero-order valence-electron chi connectivity index (χ0n) is 22.9. The van der Waals surface area contributed by atoms with Crippen LogP contribution in [0, 0.1) is 6.92 Å². The molecule has 1 amide bonds. The highest BCUT2D eigenvalue weighted by molar-refractivity contribution is 6.62. The van der Waals surface area contributed by atoms with Gasteiger partial charge in [-0.3, -0.25) is 4.79 Å². The van der Waals surface area contributed by atoms with Gasteiger partial charge in [-0.1, -0.05) is 64.2 Å². The van der Waals surface area contributed by atoms with Gasteiger partial charge in [0.15, 0.2) is 0 Å². The Morgan fingerprint density at radius 2 is 1.76 bits per heavy atom. The number of rotatable bonds is 5. The van der Waals surface area contributed by atoms with Crippen molar-refractivity contribution >= 4 is 59.0 Å². The van der Waals surface area contributed by atoms with Gasteiger partial charge >= 0.3 is 13.3 Å². The molecule has 5 rings (SSSR count). The number of carbonyl (C=O) groups excluding carboxylic acids is 1. The van der Waals surface area contributed by atoms with Crippen molar-refractivity contribution < 1.29 is 32.5 Å².